The third kappa shape index (κ3) is 6.58. The standard InChI is InChI=1S/C27H26N2O4/c1-31-24-18-22(19-25(32-2)26(24)33-3)27(30)29-28-23(16-14-20-10-6-4-7-11-20)17-15-21-12-8-5-9-13-21/h4-19H,1-3H3,(H,29,30). The van der Waals surface area contributed by atoms with E-state index in [0.29, 0.717) is 28.5 Å². The van der Waals surface area contributed by atoms with Crippen LogP contribution in [0.2, 0.25) is 0 Å². The number of hydrazone groups is 1. The highest BCUT2D eigenvalue weighted by Gasteiger charge is 2.16. The quantitative estimate of drug-likeness (QED) is 0.364. The molecular weight excluding hydrogens is 416 g/mol. The minimum absolute atomic E-state index is 0.326. The minimum atomic E-state index is -0.409. The molecule has 6 heteroatoms. The van der Waals surface area contributed by atoms with Crippen LogP contribution in [-0.4, -0.2) is 32.9 Å². The van der Waals surface area contributed by atoms with Gasteiger partial charge in [0, 0.05) is 5.56 Å². The summed E-state index contributed by atoms with van der Waals surface area (Å²) in [6, 6.07) is 22.9. The number of carbonyl (C=O) groups is 1. The van der Waals surface area contributed by atoms with Gasteiger partial charge in [0.1, 0.15) is 0 Å². The fourth-order valence-corrected chi connectivity index (χ4v) is 3.01. The van der Waals surface area contributed by atoms with E-state index >= 15 is 0 Å². The van der Waals surface area contributed by atoms with E-state index in [1.54, 1.807) is 12.1 Å². The van der Waals surface area contributed by atoms with Gasteiger partial charge in [-0.15, -0.1) is 0 Å². The van der Waals surface area contributed by atoms with Crippen molar-refractivity contribution in [2.75, 3.05) is 21.3 Å². The molecule has 0 aliphatic heterocycles. The Morgan fingerprint density at radius 1 is 0.758 bits per heavy atom. The van der Waals surface area contributed by atoms with E-state index in [4.69, 9.17) is 14.2 Å². The number of nitrogens with one attached hydrogen (secondary N) is 1. The van der Waals surface area contributed by atoms with Gasteiger partial charge in [-0.2, -0.15) is 5.10 Å². The van der Waals surface area contributed by atoms with Crippen molar-refractivity contribution in [3.05, 3.63) is 102 Å². The SMILES string of the molecule is COc1cc(C(=O)NN=C(C=Cc2ccccc2)C=Cc2ccccc2)cc(OC)c1OC. The van der Waals surface area contributed by atoms with Gasteiger partial charge < -0.3 is 14.2 Å². The van der Waals surface area contributed by atoms with Crippen molar-refractivity contribution in [1.82, 2.24) is 5.43 Å². The van der Waals surface area contributed by atoms with Crippen molar-refractivity contribution >= 4 is 23.8 Å². The average molecular weight is 443 g/mol. The zero-order valence-electron chi connectivity index (χ0n) is 18.8. The summed E-state index contributed by atoms with van der Waals surface area (Å²) < 4.78 is 16.0. The van der Waals surface area contributed by atoms with E-state index in [1.807, 2.05) is 85.0 Å². The number of hydrogen-bond donors (Lipinski definition) is 1. The second-order valence-electron chi connectivity index (χ2n) is 6.88. The first kappa shape index (κ1) is 23.3. The van der Waals surface area contributed by atoms with Crippen molar-refractivity contribution < 1.29 is 19.0 Å². The topological polar surface area (TPSA) is 69.2 Å². The zero-order chi connectivity index (χ0) is 23.5. The van der Waals surface area contributed by atoms with Crippen molar-refractivity contribution in [2.45, 2.75) is 0 Å². The molecule has 0 saturated carbocycles. The molecule has 0 bridgehead atoms. The van der Waals surface area contributed by atoms with Gasteiger partial charge in [-0.3, -0.25) is 4.79 Å². The summed E-state index contributed by atoms with van der Waals surface area (Å²) in [6.45, 7) is 0. The Balaban J connectivity index is 1.86. The maximum Gasteiger partial charge on any atom is 0.271 e. The Morgan fingerprint density at radius 2 is 1.24 bits per heavy atom. The summed E-state index contributed by atoms with van der Waals surface area (Å²) in [6.07, 6.45) is 7.54. The van der Waals surface area contributed by atoms with Crippen LogP contribution in [0.3, 0.4) is 0 Å². The molecule has 3 aromatic rings. The Labute approximate surface area is 193 Å². The summed E-state index contributed by atoms with van der Waals surface area (Å²) in [5.41, 5.74) is 5.55. The molecule has 0 aromatic heterocycles. The number of hydrogen-bond acceptors (Lipinski definition) is 5. The highest BCUT2D eigenvalue weighted by atomic mass is 16.5. The molecular formula is C27H26N2O4. The second kappa shape index (κ2) is 11.9. The molecule has 0 heterocycles. The van der Waals surface area contributed by atoms with Gasteiger partial charge in [0.2, 0.25) is 5.75 Å². The van der Waals surface area contributed by atoms with Gasteiger partial charge in [-0.05, 0) is 35.4 Å². The van der Waals surface area contributed by atoms with Gasteiger partial charge >= 0.3 is 0 Å². The zero-order valence-corrected chi connectivity index (χ0v) is 18.8. The molecule has 0 radical (unpaired) electrons. The Kier molecular flexibility index (Phi) is 8.42. The van der Waals surface area contributed by atoms with E-state index < -0.39 is 5.91 Å². The fourth-order valence-electron chi connectivity index (χ4n) is 3.01. The van der Waals surface area contributed by atoms with Crippen molar-refractivity contribution in [3.63, 3.8) is 0 Å². The molecule has 0 aliphatic carbocycles. The van der Waals surface area contributed by atoms with Gasteiger partial charge in [-0.1, -0.05) is 72.8 Å². The molecule has 1 amide bonds. The Hall–Kier alpha value is -4.32. The van der Waals surface area contributed by atoms with Crippen molar-refractivity contribution in [1.29, 1.82) is 0 Å². The molecule has 0 aliphatic rings. The molecule has 0 spiro atoms. The summed E-state index contributed by atoms with van der Waals surface area (Å²) in [4.78, 5) is 12.8. The number of rotatable bonds is 9. The normalized spacial score (nSPS) is 10.8. The van der Waals surface area contributed by atoms with Crippen LogP contribution in [0.25, 0.3) is 12.2 Å². The van der Waals surface area contributed by atoms with E-state index in [9.17, 15) is 4.79 Å². The molecule has 0 unspecified atom stereocenters. The van der Waals surface area contributed by atoms with E-state index in [2.05, 4.69) is 10.5 Å². The van der Waals surface area contributed by atoms with Crippen LogP contribution in [0, 0.1) is 0 Å². The maximum atomic E-state index is 12.8. The highest BCUT2D eigenvalue weighted by molar-refractivity contribution is 6.09. The minimum Gasteiger partial charge on any atom is -0.493 e. The largest absolute Gasteiger partial charge is 0.493 e. The number of nitrogens with zero attached hydrogens (tertiary/aromatic N) is 1. The molecule has 168 valence electrons. The van der Waals surface area contributed by atoms with E-state index in [0.717, 1.165) is 11.1 Å². The van der Waals surface area contributed by atoms with Crippen LogP contribution < -0.4 is 19.6 Å². The van der Waals surface area contributed by atoms with Gasteiger partial charge in [-0.25, -0.2) is 5.43 Å². The van der Waals surface area contributed by atoms with Crippen LogP contribution >= 0.6 is 0 Å². The molecule has 0 saturated heterocycles. The van der Waals surface area contributed by atoms with Crippen LogP contribution in [-0.2, 0) is 0 Å². The highest BCUT2D eigenvalue weighted by Crippen LogP contribution is 2.38. The second-order valence-corrected chi connectivity index (χ2v) is 6.88. The Morgan fingerprint density at radius 3 is 1.67 bits per heavy atom. The van der Waals surface area contributed by atoms with Crippen LogP contribution in [0.15, 0.2) is 90.0 Å². The number of amides is 1. The summed E-state index contributed by atoms with van der Waals surface area (Å²) in [5.74, 6) is 0.781. The third-order valence-corrected chi connectivity index (χ3v) is 4.71. The lowest BCUT2D eigenvalue weighted by Crippen LogP contribution is -2.19. The molecule has 3 aromatic carbocycles. The smallest absolute Gasteiger partial charge is 0.271 e. The third-order valence-electron chi connectivity index (χ3n) is 4.71. The fraction of sp³-hybridized carbons (Fsp3) is 0.111. The number of carbonyl (C=O) groups excluding carboxylic acids is 1. The first-order valence-corrected chi connectivity index (χ1v) is 10.3. The molecule has 3 rings (SSSR count). The summed E-state index contributed by atoms with van der Waals surface area (Å²) in [7, 11) is 4.50. The first-order valence-electron chi connectivity index (χ1n) is 10.3. The lowest BCUT2D eigenvalue weighted by Gasteiger charge is -2.13. The van der Waals surface area contributed by atoms with Crippen LogP contribution in [0.5, 0.6) is 17.2 Å². The monoisotopic (exact) mass is 442 g/mol. The number of benzene rings is 3. The maximum absolute atomic E-state index is 12.8. The lowest BCUT2D eigenvalue weighted by atomic mass is 10.1. The molecule has 0 atom stereocenters. The first-order chi connectivity index (χ1) is 16.1. The van der Waals surface area contributed by atoms with Gasteiger partial charge in [0.05, 0.1) is 27.0 Å². The van der Waals surface area contributed by atoms with E-state index in [-0.39, 0.29) is 0 Å². The van der Waals surface area contributed by atoms with Crippen LogP contribution in [0.1, 0.15) is 21.5 Å². The van der Waals surface area contributed by atoms with E-state index in [1.165, 1.54) is 21.3 Å². The van der Waals surface area contributed by atoms with Crippen molar-refractivity contribution in [3.8, 4) is 17.2 Å². The summed E-state index contributed by atoms with van der Waals surface area (Å²) >= 11 is 0. The van der Waals surface area contributed by atoms with Crippen LogP contribution in [0.4, 0.5) is 0 Å². The van der Waals surface area contributed by atoms with Gasteiger partial charge in [0.15, 0.2) is 11.5 Å². The number of methoxy groups -OCH3 is 3. The lowest BCUT2D eigenvalue weighted by molar-refractivity contribution is 0.0954. The predicted molar refractivity (Wildman–Crippen MR) is 132 cm³/mol. The van der Waals surface area contributed by atoms with Crippen molar-refractivity contribution in [2.24, 2.45) is 5.10 Å². The molecule has 6 nitrogen and oxygen atoms in total. The predicted octanol–water partition coefficient (Wildman–Crippen LogP) is 5.23. The molecule has 1 N–H and O–H groups in total. The Bertz CT molecular complexity index is 1080. The summed E-state index contributed by atoms with van der Waals surface area (Å²) in [5, 5.41) is 4.31. The average Bonchev–Trinajstić information content (AvgIpc) is 2.88. The van der Waals surface area contributed by atoms with Gasteiger partial charge in [0.25, 0.3) is 5.91 Å². The molecule has 33 heavy (non-hydrogen) atoms. The molecule has 0 fully saturated rings. The number of ether oxygens (including phenoxy) is 3. The number of allylic oxidation sites excluding steroid dienone is 2.